The highest BCUT2D eigenvalue weighted by atomic mass is 16.1. The van der Waals surface area contributed by atoms with Gasteiger partial charge in [0.1, 0.15) is 0 Å². The Balaban J connectivity index is 2.27. The summed E-state index contributed by atoms with van der Waals surface area (Å²) in [5.41, 5.74) is 8.29. The van der Waals surface area contributed by atoms with Crippen LogP contribution < -0.4 is 10.9 Å². The van der Waals surface area contributed by atoms with Crippen LogP contribution in [0.4, 0.5) is 5.95 Å². The van der Waals surface area contributed by atoms with Gasteiger partial charge in [-0.05, 0) is 5.53 Å². The van der Waals surface area contributed by atoms with Crippen LogP contribution in [0.1, 0.15) is 6.92 Å². The van der Waals surface area contributed by atoms with Crippen molar-refractivity contribution in [1.82, 2.24) is 19.5 Å². The lowest BCUT2D eigenvalue weighted by Crippen LogP contribution is -2.17. The third kappa shape index (κ3) is 3.45. The Labute approximate surface area is 118 Å². The highest BCUT2D eigenvalue weighted by molar-refractivity contribution is 5.87. The number of fused-ring (bicyclic) bond motifs is 1. The molecule has 2 heterocycles. The van der Waals surface area contributed by atoms with Crippen LogP contribution in [0.25, 0.3) is 21.6 Å². The second-order valence-electron chi connectivity index (χ2n) is 4.05. The first-order valence-electron chi connectivity index (χ1n) is 6.00. The van der Waals surface area contributed by atoms with Gasteiger partial charge in [-0.2, -0.15) is 4.98 Å². The summed E-state index contributed by atoms with van der Waals surface area (Å²) in [7, 11) is 0. The number of H-pyrrole nitrogens is 1. The molecule has 10 heteroatoms. The molecule has 0 fully saturated rings. The number of rotatable bonds is 5. The van der Waals surface area contributed by atoms with Crippen molar-refractivity contribution in [2.24, 2.45) is 5.11 Å². The molecule has 0 aliphatic carbocycles. The van der Waals surface area contributed by atoms with Crippen molar-refractivity contribution in [3.8, 4) is 0 Å². The molecular weight excluding hydrogens is 276 g/mol. The zero-order chi connectivity index (χ0) is 15.2. The maximum absolute atomic E-state index is 12.0. The summed E-state index contributed by atoms with van der Waals surface area (Å²) in [4.78, 5) is 36.1. The molecule has 1 amide bonds. The molecule has 0 saturated carbocycles. The third-order valence-electron chi connectivity index (χ3n) is 2.50. The number of nitrogens with one attached hydrogen (secondary N) is 2. The number of anilines is 1. The molecule has 2 rings (SSSR count). The average molecular weight is 288 g/mol. The van der Waals surface area contributed by atoms with Crippen molar-refractivity contribution < 1.29 is 4.79 Å². The van der Waals surface area contributed by atoms with E-state index in [4.69, 9.17) is 5.53 Å². The molecule has 0 bridgehead atoms. The number of carbonyl (C=O) groups is 1. The number of allylic oxidation sites excluding steroid dienone is 1. The van der Waals surface area contributed by atoms with Crippen molar-refractivity contribution in [1.29, 1.82) is 0 Å². The molecule has 0 unspecified atom stereocenters. The van der Waals surface area contributed by atoms with Crippen molar-refractivity contribution in [2.75, 3.05) is 11.9 Å². The predicted molar refractivity (Wildman–Crippen MR) is 75.6 cm³/mol. The van der Waals surface area contributed by atoms with E-state index in [1.807, 2.05) is 0 Å². The van der Waals surface area contributed by atoms with Crippen LogP contribution in [0.5, 0.6) is 0 Å². The van der Waals surface area contributed by atoms with E-state index in [1.54, 1.807) is 16.7 Å². The van der Waals surface area contributed by atoms with Crippen LogP contribution in [-0.4, -0.2) is 32.0 Å². The number of hydrogen-bond donors (Lipinski definition) is 2. The molecule has 21 heavy (non-hydrogen) atoms. The molecule has 0 spiro atoms. The topological polar surface area (TPSA) is 141 Å². The number of azide groups is 1. The van der Waals surface area contributed by atoms with E-state index in [0.29, 0.717) is 12.1 Å². The van der Waals surface area contributed by atoms with Crippen LogP contribution in [0, 0.1) is 0 Å². The number of aromatic amines is 1. The van der Waals surface area contributed by atoms with Crippen LogP contribution >= 0.6 is 0 Å². The first kappa shape index (κ1) is 14.3. The fraction of sp³-hybridized carbons (Fsp3) is 0.273. The van der Waals surface area contributed by atoms with E-state index in [2.05, 4.69) is 30.3 Å². The van der Waals surface area contributed by atoms with E-state index >= 15 is 0 Å². The smallest absolute Gasteiger partial charge is 0.278 e. The quantitative estimate of drug-likeness (QED) is 0.365. The number of nitrogens with zero attached hydrogens (tertiary/aromatic N) is 6. The van der Waals surface area contributed by atoms with E-state index < -0.39 is 5.56 Å². The summed E-state index contributed by atoms with van der Waals surface area (Å²) in [6, 6.07) is 0. The average Bonchev–Trinajstić information content (AvgIpc) is 2.81. The second kappa shape index (κ2) is 6.35. The fourth-order valence-corrected chi connectivity index (χ4v) is 1.70. The number of imidazole rings is 1. The van der Waals surface area contributed by atoms with Crippen LogP contribution in [0.15, 0.2) is 28.4 Å². The molecule has 0 aromatic carbocycles. The Morgan fingerprint density at radius 3 is 3.14 bits per heavy atom. The molecule has 0 atom stereocenters. The number of hydrogen-bond acceptors (Lipinski definition) is 5. The molecule has 0 aliphatic rings. The van der Waals surface area contributed by atoms with Gasteiger partial charge in [0.25, 0.3) is 5.56 Å². The zero-order valence-corrected chi connectivity index (χ0v) is 11.1. The first-order chi connectivity index (χ1) is 10.1. The Morgan fingerprint density at radius 2 is 2.43 bits per heavy atom. The summed E-state index contributed by atoms with van der Waals surface area (Å²) in [5.74, 6) is -0.276. The van der Waals surface area contributed by atoms with Crippen LogP contribution in [0.2, 0.25) is 0 Å². The SMILES string of the molecule is CC(=O)Nc1nc2ncn(CC=CCN=[N+]=[N-])c2c(=O)[nH]1. The van der Waals surface area contributed by atoms with Gasteiger partial charge in [0.15, 0.2) is 11.2 Å². The molecule has 2 aromatic rings. The molecule has 0 aliphatic heterocycles. The number of aromatic nitrogens is 4. The van der Waals surface area contributed by atoms with Gasteiger partial charge in [-0.1, -0.05) is 17.3 Å². The molecule has 108 valence electrons. The van der Waals surface area contributed by atoms with Gasteiger partial charge in [0, 0.05) is 24.9 Å². The molecule has 10 nitrogen and oxygen atoms in total. The molecule has 2 N–H and O–H groups in total. The third-order valence-corrected chi connectivity index (χ3v) is 2.50. The summed E-state index contributed by atoms with van der Waals surface area (Å²) in [6.07, 6.45) is 4.90. The number of amides is 1. The summed E-state index contributed by atoms with van der Waals surface area (Å²) < 4.78 is 1.60. The Morgan fingerprint density at radius 1 is 1.62 bits per heavy atom. The second-order valence-corrected chi connectivity index (χ2v) is 4.05. The highest BCUT2D eigenvalue weighted by Gasteiger charge is 2.10. The minimum atomic E-state index is -0.398. The Bertz CT molecular complexity index is 796. The van der Waals surface area contributed by atoms with Gasteiger partial charge in [-0.25, -0.2) is 4.98 Å². The van der Waals surface area contributed by atoms with Crippen molar-refractivity contribution >= 4 is 23.0 Å². The van der Waals surface area contributed by atoms with Gasteiger partial charge in [0.2, 0.25) is 11.9 Å². The van der Waals surface area contributed by atoms with Gasteiger partial charge in [0.05, 0.1) is 6.33 Å². The van der Waals surface area contributed by atoms with Gasteiger partial charge >= 0.3 is 0 Å². The number of carbonyl (C=O) groups excluding carboxylic acids is 1. The van der Waals surface area contributed by atoms with Crippen molar-refractivity contribution in [3.63, 3.8) is 0 Å². The lowest BCUT2D eigenvalue weighted by molar-refractivity contribution is -0.114. The Hall–Kier alpha value is -3.13. The minimum Gasteiger partial charge on any atom is -0.321 e. The standard InChI is InChI=1S/C11H12N8O2/c1-7(20)15-11-16-9-8(10(21)17-11)19(6-13-9)5-3-2-4-14-18-12/h2-3,6H,4-5H2,1H3,(H2,15,16,17,20,21). The van der Waals surface area contributed by atoms with E-state index in [1.165, 1.54) is 13.3 Å². The maximum Gasteiger partial charge on any atom is 0.278 e. The molecular formula is C11H12N8O2. The van der Waals surface area contributed by atoms with E-state index in [9.17, 15) is 9.59 Å². The van der Waals surface area contributed by atoms with Gasteiger partial charge in [-0.15, -0.1) is 0 Å². The first-order valence-corrected chi connectivity index (χ1v) is 6.00. The zero-order valence-electron chi connectivity index (χ0n) is 11.1. The lowest BCUT2D eigenvalue weighted by atomic mass is 10.4. The van der Waals surface area contributed by atoms with Crippen molar-refractivity contribution in [3.05, 3.63) is 39.3 Å². The van der Waals surface area contributed by atoms with E-state index in [-0.39, 0.29) is 24.0 Å². The summed E-state index contributed by atoms with van der Waals surface area (Å²) in [6.45, 7) is 1.95. The normalized spacial score (nSPS) is 10.7. The minimum absolute atomic E-state index is 0.0594. The molecule has 0 radical (unpaired) electrons. The lowest BCUT2D eigenvalue weighted by Gasteiger charge is -2.01. The monoisotopic (exact) mass is 288 g/mol. The molecule has 0 saturated heterocycles. The van der Waals surface area contributed by atoms with Gasteiger partial charge in [-0.3, -0.25) is 19.9 Å². The summed E-state index contributed by atoms with van der Waals surface area (Å²) in [5, 5.41) is 5.76. The maximum atomic E-state index is 12.0. The largest absolute Gasteiger partial charge is 0.321 e. The summed E-state index contributed by atoms with van der Waals surface area (Å²) >= 11 is 0. The highest BCUT2D eigenvalue weighted by Crippen LogP contribution is 2.07. The predicted octanol–water partition coefficient (Wildman–Crippen LogP) is 0.944. The van der Waals surface area contributed by atoms with E-state index in [0.717, 1.165) is 0 Å². The fourth-order valence-electron chi connectivity index (χ4n) is 1.70. The van der Waals surface area contributed by atoms with Crippen LogP contribution in [0.3, 0.4) is 0 Å². The Kier molecular flexibility index (Phi) is 4.32. The van der Waals surface area contributed by atoms with Crippen LogP contribution in [-0.2, 0) is 11.3 Å². The molecule has 2 aromatic heterocycles. The van der Waals surface area contributed by atoms with Gasteiger partial charge < -0.3 is 4.57 Å². The van der Waals surface area contributed by atoms with Crippen molar-refractivity contribution in [2.45, 2.75) is 13.5 Å².